The molecule has 0 bridgehead atoms. The first kappa shape index (κ1) is 12.7. The highest BCUT2D eigenvalue weighted by Crippen LogP contribution is 2.50. The van der Waals surface area contributed by atoms with E-state index in [1.807, 2.05) is 49.5 Å². The van der Waals surface area contributed by atoms with Gasteiger partial charge in [-0.05, 0) is 24.3 Å². The monoisotopic (exact) mass is 299 g/mol. The van der Waals surface area contributed by atoms with Crippen LogP contribution in [0.15, 0.2) is 42.5 Å². The first-order valence-electron chi connectivity index (χ1n) is 6.96. The second-order valence-corrected chi connectivity index (χ2v) is 6.06. The highest BCUT2D eigenvalue weighted by molar-refractivity contribution is 6.30. The summed E-state index contributed by atoms with van der Waals surface area (Å²) in [6.07, 6.45) is 0. The molecule has 0 spiro atoms. The number of likely N-dealkylation sites (N-methyl/N-ethyl adjacent to an activating group) is 1. The van der Waals surface area contributed by atoms with Gasteiger partial charge in [-0.3, -0.25) is 4.79 Å². The number of para-hydroxylation sites is 1. The Morgan fingerprint density at radius 3 is 2.76 bits per heavy atom. The van der Waals surface area contributed by atoms with Crippen LogP contribution in [0.2, 0.25) is 5.02 Å². The van der Waals surface area contributed by atoms with Crippen molar-refractivity contribution in [3.8, 4) is 11.5 Å². The van der Waals surface area contributed by atoms with E-state index in [0.717, 1.165) is 22.6 Å². The van der Waals surface area contributed by atoms with Crippen molar-refractivity contribution in [2.75, 3.05) is 13.6 Å². The molecule has 21 heavy (non-hydrogen) atoms. The van der Waals surface area contributed by atoms with Gasteiger partial charge >= 0.3 is 0 Å². The third kappa shape index (κ3) is 1.84. The molecule has 1 amide bonds. The average molecular weight is 300 g/mol. The van der Waals surface area contributed by atoms with Crippen molar-refractivity contribution in [2.24, 2.45) is 0 Å². The van der Waals surface area contributed by atoms with Crippen molar-refractivity contribution in [3.63, 3.8) is 0 Å². The lowest BCUT2D eigenvalue weighted by molar-refractivity contribution is -0.127. The number of halogens is 1. The van der Waals surface area contributed by atoms with Gasteiger partial charge in [-0.15, -0.1) is 0 Å². The zero-order valence-corrected chi connectivity index (χ0v) is 12.3. The predicted molar refractivity (Wildman–Crippen MR) is 81.1 cm³/mol. The lowest BCUT2D eigenvalue weighted by Crippen LogP contribution is -2.21. The maximum atomic E-state index is 12.6. The molecule has 0 aromatic heterocycles. The molecule has 2 aromatic carbocycles. The minimum absolute atomic E-state index is 0.0832. The maximum Gasteiger partial charge on any atom is 0.230 e. The number of carbonyl (C=O) groups excluding carboxylic acids is 1. The number of hydrogen-bond donors (Lipinski definition) is 0. The summed E-state index contributed by atoms with van der Waals surface area (Å²) in [5.41, 5.74) is 1.98. The summed E-state index contributed by atoms with van der Waals surface area (Å²) >= 11 is 6.15. The van der Waals surface area contributed by atoms with Gasteiger partial charge in [-0.2, -0.15) is 0 Å². The van der Waals surface area contributed by atoms with E-state index in [0.29, 0.717) is 11.6 Å². The number of likely N-dealkylation sites (tertiary alicyclic amines) is 1. The molecule has 0 N–H and O–H groups in total. The van der Waals surface area contributed by atoms with Crippen molar-refractivity contribution in [1.82, 2.24) is 4.90 Å². The average Bonchev–Trinajstić information content (AvgIpc) is 2.70. The van der Waals surface area contributed by atoms with Crippen LogP contribution in [0, 0.1) is 0 Å². The molecule has 2 aliphatic rings. The molecule has 0 aliphatic carbocycles. The van der Waals surface area contributed by atoms with Crippen LogP contribution in [-0.4, -0.2) is 24.4 Å². The highest BCUT2D eigenvalue weighted by Gasteiger charge is 2.44. The quantitative estimate of drug-likeness (QED) is 0.741. The Hall–Kier alpha value is -2.00. The zero-order chi connectivity index (χ0) is 14.6. The van der Waals surface area contributed by atoms with Gasteiger partial charge in [-0.1, -0.05) is 29.8 Å². The number of carbonyl (C=O) groups is 1. The molecule has 2 heterocycles. The summed E-state index contributed by atoms with van der Waals surface area (Å²) < 4.78 is 6.05. The van der Waals surface area contributed by atoms with Gasteiger partial charge in [0.2, 0.25) is 5.91 Å². The molecular formula is C17H14ClNO2. The van der Waals surface area contributed by atoms with Gasteiger partial charge in [0.1, 0.15) is 11.5 Å². The number of nitrogens with zero attached hydrogens (tertiary/aromatic N) is 1. The number of benzene rings is 2. The van der Waals surface area contributed by atoms with Gasteiger partial charge in [0.05, 0.1) is 5.92 Å². The lowest BCUT2D eigenvalue weighted by atomic mass is 9.84. The molecule has 2 aliphatic heterocycles. The van der Waals surface area contributed by atoms with E-state index in [9.17, 15) is 4.79 Å². The fourth-order valence-electron chi connectivity index (χ4n) is 3.38. The lowest BCUT2D eigenvalue weighted by Gasteiger charge is -2.15. The predicted octanol–water partition coefficient (Wildman–Crippen LogP) is 3.79. The Morgan fingerprint density at radius 1 is 1.14 bits per heavy atom. The summed E-state index contributed by atoms with van der Waals surface area (Å²) in [6, 6.07) is 13.4. The molecule has 2 atom stereocenters. The van der Waals surface area contributed by atoms with E-state index in [1.54, 1.807) is 4.90 Å². The SMILES string of the molecule is CN1CC2c3cc(Cl)ccc3Oc3ccccc3C2C1=O. The number of ether oxygens (including phenoxy) is 1. The Bertz CT molecular complexity index is 743. The van der Waals surface area contributed by atoms with Gasteiger partial charge in [0.15, 0.2) is 0 Å². The highest BCUT2D eigenvalue weighted by atomic mass is 35.5. The summed E-state index contributed by atoms with van der Waals surface area (Å²) in [5, 5.41) is 0.670. The molecule has 2 aromatic rings. The Morgan fingerprint density at radius 2 is 1.90 bits per heavy atom. The second kappa shape index (κ2) is 4.50. The molecular weight excluding hydrogens is 286 g/mol. The molecule has 1 saturated heterocycles. The van der Waals surface area contributed by atoms with Crippen LogP contribution in [0.5, 0.6) is 11.5 Å². The summed E-state index contributed by atoms with van der Waals surface area (Å²) in [6.45, 7) is 0.689. The molecule has 4 heteroatoms. The number of fused-ring (bicyclic) bond motifs is 5. The van der Waals surface area contributed by atoms with Crippen LogP contribution in [0.1, 0.15) is 23.0 Å². The topological polar surface area (TPSA) is 29.5 Å². The number of amides is 1. The van der Waals surface area contributed by atoms with E-state index in [4.69, 9.17) is 16.3 Å². The van der Waals surface area contributed by atoms with E-state index in [2.05, 4.69) is 0 Å². The standard InChI is InChI=1S/C17H14ClNO2/c1-19-9-13-12-8-10(18)6-7-15(12)21-14-5-3-2-4-11(14)16(13)17(19)20/h2-8,13,16H,9H2,1H3. The van der Waals surface area contributed by atoms with Gasteiger partial charge in [-0.25, -0.2) is 0 Å². The number of rotatable bonds is 0. The number of hydrogen-bond acceptors (Lipinski definition) is 2. The molecule has 2 unspecified atom stereocenters. The van der Waals surface area contributed by atoms with Crippen LogP contribution in [0.25, 0.3) is 0 Å². The summed E-state index contributed by atoms with van der Waals surface area (Å²) in [7, 11) is 1.85. The van der Waals surface area contributed by atoms with Gasteiger partial charge < -0.3 is 9.64 Å². The third-order valence-corrected chi connectivity index (χ3v) is 4.60. The third-order valence-electron chi connectivity index (χ3n) is 4.36. The summed E-state index contributed by atoms with van der Waals surface area (Å²) in [5.74, 6) is 1.59. The van der Waals surface area contributed by atoms with E-state index >= 15 is 0 Å². The molecule has 0 radical (unpaired) electrons. The normalized spacial score (nSPS) is 23.0. The van der Waals surface area contributed by atoms with Crippen molar-refractivity contribution < 1.29 is 9.53 Å². The minimum Gasteiger partial charge on any atom is -0.457 e. The first-order chi connectivity index (χ1) is 10.1. The molecule has 0 saturated carbocycles. The molecule has 106 valence electrons. The van der Waals surface area contributed by atoms with Crippen molar-refractivity contribution in [2.45, 2.75) is 11.8 Å². The van der Waals surface area contributed by atoms with Crippen LogP contribution >= 0.6 is 11.6 Å². The van der Waals surface area contributed by atoms with Crippen LogP contribution < -0.4 is 4.74 Å². The smallest absolute Gasteiger partial charge is 0.230 e. The fourth-order valence-corrected chi connectivity index (χ4v) is 3.56. The van der Waals surface area contributed by atoms with Gasteiger partial charge in [0.25, 0.3) is 0 Å². The van der Waals surface area contributed by atoms with Crippen molar-refractivity contribution in [1.29, 1.82) is 0 Å². The largest absolute Gasteiger partial charge is 0.457 e. The maximum absolute atomic E-state index is 12.6. The van der Waals surface area contributed by atoms with E-state index in [-0.39, 0.29) is 17.7 Å². The molecule has 1 fully saturated rings. The first-order valence-corrected chi connectivity index (χ1v) is 7.34. The van der Waals surface area contributed by atoms with Crippen molar-refractivity contribution >= 4 is 17.5 Å². The fraction of sp³-hybridized carbons (Fsp3) is 0.235. The van der Waals surface area contributed by atoms with Crippen molar-refractivity contribution in [3.05, 3.63) is 58.6 Å². The summed E-state index contributed by atoms with van der Waals surface area (Å²) in [4.78, 5) is 14.4. The molecule has 3 nitrogen and oxygen atoms in total. The van der Waals surface area contributed by atoms with Gasteiger partial charge in [0, 0.05) is 35.7 Å². The second-order valence-electron chi connectivity index (χ2n) is 5.62. The van der Waals surface area contributed by atoms with E-state index < -0.39 is 0 Å². The van der Waals surface area contributed by atoms with E-state index in [1.165, 1.54) is 0 Å². The Balaban J connectivity index is 1.98. The molecule has 4 rings (SSSR count). The minimum atomic E-state index is -0.189. The van der Waals surface area contributed by atoms with Crippen LogP contribution in [0.3, 0.4) is 0 Å². The zero-order valence-electron chi connectivity index (χ0n) is 11.5. The Labute approximate surface area is 128 Å². The Kier molecular flexibility index (Phi) is 2.73. The van der Waals surface area contributed by atoms with Crippen LogP contribution in [-0.2, 0) is 4.79 Å². The van der Waals surface area contributed by atoms with Crippen LogP contribution in [0.4, 0.5) is 0 Å².